The lowest BCUT2D eigenvalue weighted by Crippen LogP contribution is -2.11. The molecule has 1 N–H and O–H groups in total. The Labute approximate surface area is 89.9 Å². The molecular formula is C13H17FO. The second-order valence-corrected chi connectivity index (χ2v) is 4.40. The quantitative estimate of drug-likeness (QED) is 0.804. The summed E-state index contributed by atoms with van der Waals surface area (Å²) in [6.45, 7) is -0.311. The van der Waals surface area contributed by atoms with Crippen molar-refractivity contribution in [2.45, 2.75) is 31.6 Å². The van der Waals surface area contributed by atoms with Crippen molar-refractivity contribution in [3.8, 4) is 5.75 Å². The molecule has 0 bridgehead atoms. The van der Waals surface area contributed by atoms with Crippen molar-refractivity contribution in [1.82, 2.24) is 0 Å². The van der Waals surface area contributed by atoms with Gasteiger partial charge in [0.15, 0.2) is 0 Å². The molecule has 1 aliphatic rings. The lowest BCUT2D eigenvalue weighted by molar-refractivity contribution is 0.336. The molecule has 0 radical (unpaired) electrons. The number of halogens is 1. The summed E-state index contributed by atoms with van der Waals surface area (Å²) in [5, 5.41) is 9.38. The maximum atomic E-state index is 13.0. The lowest BCUT2D eigenvalue weighted by atomic mass is 9.86. The van der Waals surface area contributed by atoms with Gasteiger partial charge < -0.3 is 5.11 Å². The fourth-order valence-corrected chi connectivity index (χ4v) is 2.60. The van der Waals surface area contributed by atoms with E-state index in [9.17, 15) is 9.50 Å². The molecule has 1 unspecified atom stereocenters. The van der Waals surface area contributed by atoms with Crippen molar-refractivity contribution in [3.05, 3.63) is 29.8 Å². The van der Waals surface area contributed by atoms with Gasteiger partial charge in [-0.05, 0) is 36.5 Å². The molecule has 0 amide bonds. The summed E-state index contributed by atoms with van der Waals surface area (Å²) in [6, 6.07) is 7.04. The van der Waals surface area contributed by atoms with Gasteiger partial charge in [0.25, 0.3) is 0 Å². The predicted molar refractivity (Wildman–Crippen MR) is 58.8 cm³/mol. The molecule has 2 heteroatoms. The third kappa shape index (κ3) is 2.31. The van der Waals surface area contributed by atoms with E-state index in [-0.39, 0.29) is 18.3 Å². The van der Waals surface area contributed by atoms with Crippen LogP contribution in [0.3, 0.4) is 0 Å². The molecule has 0 aromatic heterocycles. The summed E-state index contributed by atoms with van der Waals surface area (Å²) in [5.74, 6) is 0.695. The minimum Gasteiger partial charge on any atom is -0.508 e. The largest absolute Gasteiger partial charge is 0.508 e. The molecule has 1 aromatic rings. The third-order valence-electron chi connectivity index (χ3n) is 3.43. The van der Waals surface area contributed by atoms with Gasteiger partial charge in [-0.25, -0.2) is 0 Å². The molecule has 1 atom stereocenters. The van der Waals surface area contributed by atoms with Crippen molar-refractivity contribution < 1.29 is 9.50 Å². The highest BCUT2D eigenvalue weighted by Crippen LogP contribution is 2.38. The zero-order valence-electron chi connectivity index (χ0n) is 8.82. The number of alkyl halides is 1. The van der Waals surface area contributed by atoms with Crippen LogP contribution in [-0.2, 0) is 0 Å². The zero-order chi connectivity index (χ0) is 10.7. The fourth-order valence-electron chi connectivity index (χ4n) is 2.60. The minimum atomic E-state index is -0.311. The Morgan fingerprint density at radius 2 is 2.07 bits per heavy atom. The Morgan fingerprint density at radius 3 is 2.67 bits per heavy atom. The second-order valence-electron chi connectivity index (χ2n) is 4.40. The molecule has 0 spiro atoms. The van der Waals surface area contributed by atoms with Crippen LogP contribution < -0.4 is 0 Å². The third-order valence-corrected chi connectivity index (χ3v) is 3.43. The summed E-state index contributed by atoms with van der Waals surface area (Å²) in [7, 11) is 0. The van der Waals surface area contributed by atoms with Crippen LogP contribution in [0.1, 0.15) is 37.2 Å². The van der Waals surface area contributed by atoms with Crippen molar-refractivity contribution in [3.63, 3.8) is 0 Å². The van der Waals surface area contributed by atoms with E-state index >= 15 is 0 Å². The topological polar surface area (TPSA) is 20.2 Å². The molecule has 1 saturated carbocycles. The predicted octanol–water partition coefficient (Wildman–Crippen LogP) is 3.64. The molecule has 0 heterocycles. The molecule has 1 nitrogen and oxygen atoms in total. The highest BCUT2D eigenvalue weighted by molar-refractivity contribution is 5.30. The Bertz CT molecular complexity index is 318. The van der Waals surface area contributed by atoms with Gasteiger partial charge in [-0.1, -0.05) is 25.0 Å². The van der Waals surface area contributed by atoms with Gasteiger partial charge in [0.2, 0.25) is 0 Å². The Balaban J connectivity index is 2.18. The maximum Gasteiger partial charge on any atom is 0.115 e. The molecule has 0 aliphatic heterocycles. The molecule has 0 saturated heterocycles. The first-order chi connectivity index (χ1) is 7.31. The van der Waals surface area contributed by atoms with Gasteiger partial charge in [0, 0.05) is 5.92 Å². The first-order valence-corrected chi connectivity index (χ1v) is 5.66. The fraction of sp³-hybridized carbons (Fsp3) is 0.538. The average Bonchev–Trinajstić information content (AvgIpc) is 2.72. The van der Waals surface area contributed by atoms with Gasteiger partial charge in [-0.15, -0.1) is 0 Å². The standard InChI is InChI=1S/C13H17FO/c14-9-13(10-4-1-2-5-10)11-6-3-7-12(15)8-11/h3,6-8,10,13,15H,1-2,4-5,9H2. The number of rotatable bonds is 3. The van der Waals surface area contributed by atoms with Crippen LogP contribution in [0, 0.1) is 5.92 Å². The lowest BCUT2D eigenvalue weighted by Gasteiger charge is -2.20. The van der Waals surface area contributed by atoms with E-state index in [1.807, 2.05) is 6.07 Å². The highest BCUT2D eigenvalue weighted by Gasteiger charge is 2.26. The number of phenolic OH excluding ortho intramolecular Hbond substituents is 1. The van der Waals surface area contributed by atoms with Crippen LogP contribution in [0.5, 0.6) is 5.75 Å². The van der Waals surface area contributed by atoms with E-state index in [0.717, 1.165) is 18.4 Å². The van der Waals surface area contributed by atoms with Gasteiger partial charge in [-0.3, -0.25) is 4.39 Å². The summed E-state index contributed by atoms with van der Waals surface area (Å²) in [6.07, 6.45) is 4.70. The van der Waals surface area contributed by atoms with Crippen molar-refractivity contribution in [2.75, 3.05) is 6.67 Å². The molecular weight excluding hydrogens is 191 g/mol. The monoisotopic (exact) mass is 208 g/mol. The summed E-state index contributed by atoms with van der Waals surface area (Å²) in [4.78, 5) is 0. The highest BCUT2D eigenvalue weighted by atomic mass is 19.1. The number of phenols is 1. The molecule has 1 aromatic carbocycles. The minimum absolute atomic E-state index is 0.0143. The van der Waals surface area contributed by atoms with Gasteiger partial charge in [-0.2, -0.15) is 0 Å². The van der Waals surface area contributed by atoms with Crippen LogP contribution in [0.2, 0.25) is 0 Å². The Hall–Kier alpha value is -1.05. The van der Waals surface area contributed by atoms with Crippen LogP contribution in [0.4, 0.5) is 4.39 Å². The summed E-state index contributed by atoms with van der Waals surface area (Å²) < 4.78 is 13.0. The normalized spacial score (nSPS) is 19.3. The van der Waals surface area contributed by atoms with Crippen LogP contribution in [0.25, 0.3) is 0 Å². The Kier molecular flexibility index (Phi) is 3.24. The van der Waals surface area contributed by atoms with E-state index in [1.54, 1.807) is 18.2 Å². The summed E-state index contributed by atoms with van der Waals surface area (Å²) in [5.41, 5.74) is 0.949. The van der Waals surface area contributed by atoms with Crippen LogP contribution in [-0.4, -0.2) is 11.8 Å². The Morgan fingerprint density at radius 1 is 1.33 bits per heavy atom. The first kappa shape index (κ1) is 10.5. The average molecular weight is 208 g/mol. The van der Waals surface area contributed by atoms with E-state index < -0.39 is 0 Å². The van der Waals surface area contributed by atoms with E-state index in [2.05, 4.69) is 0 Å². The van der Waals surface area contributed by atoms with Crippen molar-refractivity contribution in [1.29, 1.82) is 0 Å². The molecule has 1 fully saturated rings. The number of hydrogen-bond acceptors (Lipinski definition) is 1. The van der Waals surface area contributed by atoms with Gasteiger partial charge in [0.1, 0.15) is 5.75 Å². The van der Waals surface area contributed by atoms with E-state index in [4.69, 9.17) is 0 Å². The SMILES string of the molecule is Oc1cccc(C(CF)C2CCCC2)c1. The molecule has 2 rings (SSSR count). The van der Waals surface area contributed by atoms with Gasteiger partial charge >= 0.3 is 0 Å². The maximum absolute atomic E-state index is 13.0. The number of benzene rings is 1. The number of aromatic hydroxyl groups is 1. The molecule has 82 valence electrons. The van der Waals surface area contributed by atoms with Crippen molar-refractivity contribution in [2.24, 2.45) is 5.92 Å². The number of hydrogen-bond donors (Lipinski definition) is 1. The first-order valence-electron chi connectivity index (χ1n) is 5.66. The van der Waals surface area contributed by atoms with E-state index in [0.29, 0.717) is 5.92 Å². The zero-order valence-corrected chi connectivity index (χ0v) is 8.82. The molecule has 1 aliphatic carbocycles. The van der Waals surface area contributed by atoms with Crippen LogP contribution in [0.15, 0.2) is 24.3 Å². The second kappa shape index (κ2) is 4.65. The van der Waals surface area contributed by atoms with Gasteiger partial charge in [0.05, 0.1) is 6.67 Å². The smallest absolute Gasteiger partial charge is 0.115 e. The van der Waals surface area contributed by atoms with E-state index in [1.165, 1.54) is 12.8 Å². The van der Waals surface area contributed by atoms with Crippen LogP contribution >= 0.6 is 0 Å². The van der Waals surface area contributed by atoms with Crippen molar-refractivity contribution >= 4 is 0 Å². The summed E-state index contributed by atoms with van der Waals surface area (Å²) >= 11 is 0. The molecule has 15 heavy (non-hydrogen) atoms.